The van der Waals surface area contributed by atoms with E-state index in [-0.39, 0.29) is 11.1 Å². The lowest BCUT2D eigenvalue weighted by atomic mass is 10.1. The Kier molecular flexibility index (Phi) is 5.71. The number of hydrogen-bond acceptors (Lipinski definition) is 6. The second-order valence-electron chi connectivity index (χ2n) is 5.02. The van der Waals surface area contributed by atoms with Crippen LogP contribution in [0.5, 0.6) is 11.5 Å². The third-order valence-electron chi connectivity index (χ3n) is 3.25. The number of aryl methyl sites for hydroxylation is 1. The zero-order valence-corrected chi connectivity index (χ0v) is 14.9. The number of nitrogens with one attached hydrogen (secondary N) is 1. The first-order valence-electron chi connectivity index (χ1n) is 6.98. The topological polar surface area (TPSA) is 114 Å². The lowest BCUT2D eigenvalue weighted by Gasteiger charge is -2.07. The normalized spacial score (nSPS) is 10.7. The molecule has 0 saturated carbocycles. The first-order chi connectivity index (χ1) is 11.8. The minimum atomic E-state index is -0.715. The van der Waals surface area contributed by atoms with Crippen molar-refractivity contribution in [3.63, 3.8) is 0 Å². The third kappa shape index (κ3) is 4.32. The summed E-state index contributed by atoms with van der Waals surface area (Å²) in [7, 11) is 1.45. The number of benzene rings is 2. The van der Waals surface area contributed by atoms with Gasteiger partial charge in [-0.3, -0.25) is 14.9 Å². The van der Waals surface area contributed by atoms with Gasteiger partial charge >= 0.3 is 5.69 Å². The van der Waals surface area contributed by atoms with Crippen LogP contribution in [-0.4, -0.2) is 29.3 Å². The van der Waals surface area contributed by atoms with E-state index < -0.39 is 22.3 Å². The summed E-state index contributed by atoms with van der Waals surface area (Å²) in [5.74, 6) is -0.662. The molecule has 0 aliphatic heterocycles. The smallest absolute Gasteiger partial charge is 0.312 e. The number of nitrogens with zero attached hydrogens (tertiary/aromatic N) is 2. The van der Waals surface area contributed by atoms with Crippen LogP contribution in [0.25, 0.3) is 0 Å². The van der Waals surface area contributed by atoms with Gasteiger partial charge in [0, 0.05) is 16.1 Å². The molecule has 0 aromatic heterocycles. The zero-order valence-electron chi connectivity index (χ0n) is 13.3. The number of hydrazone groups is 1. The van der Waals surface area contributed by atoms with Crippen molar-refractivity contribution >= 4 is 33.7 Å². The second kappa shape index (κ2) is 7.75. The van der Waals surface area contributed by atoms with E-state index in [1.165, 1.54) is 19.2 Å². The Balaban J connectivity index is 2.22. The number of nitro benzene ring substituents is 1. The van der Waals surface area contributed by atoms with Crippen molar-refractivity contribution in [2.75, 3.05) is 7.11 Å². The Labute approximate surface area is 151 Å². The number of amides is 1. The molecule has 2 aromatic carbocycles. The first-order valence-corrected chi connectivity index (χ1v) is 7.77. The van der Waals surface area contributed by atoms with Crippen molar-refractivity contribution in [1.29, 1.82) is 0 Å². The van der Waals surface area contributed by atoms with Crippen LogP contribution in [0.15, 0.2) is 39.9 Å². The minimum Gasteiger partial charge on any atom is -0.502 e. The van der Waals surface area contributed by atoms with E-state index >= 15 is 0 Å². The van der Waals surface area contributed by atoms with Crippen LogP contribution in [0, 0.1) is 17.0 Å². The standard InChI is InChI=1S/C16H14BrN3O5/c1-9-3-4-12(14(5-9)25-2)16(22)19-18-8-10-6-11(17)7-13(15(10)21)20(23)24/h3-8,21H,1-2H3,(H,19,22)/b18-8-. The number of ether oxygens (including phenoxy) is 1. The van der Waals surface area contributed by atoms with Gasteiger partial charge in [0.2, 0.25) is 5.75 Å². The number of halogens is 1. The van der Waals surface area contributed by atoms with Crippen LogP contribution in [0.1, 0.15) is 21.5 Å². The molecule has 8 nitrogen and oxygen atoms in total. The first kappa shape index (κ1) is 18.4. The molecule has 2 rings (SSSR count). The largest absolute Gasteiger partial charge is 0.502 e. The Morgan fingerprint density at radius 1 is 1.40 bits per heavy atom. The molecular formula is C16H14BrN3O5. The summed E-state index contributed by atoms with van der Waals surface area (Å²) in [5.41, 5.74) is 3.12. The summed E-state index contributed by atoms with van der Waals surface area (Å²) in [6, 6.07) is 7.67. The van der Waals surface area contributed by atoms with Crippen molar-refractivity contribution in [1.82, 2.24) is 5.43 Å². The Hall–Kier alpha value is -2.94. The van der Waals surface area contributed by atoms with E-state index in [0.717, 1.165) is 11.8 Å². The summed E-state index contributed by atoms with van der Waals surface area (Å²) in [6.07, 6.45) is 1.12. The molecule has 0 aliphatic rings. The molecule has 1 amide bonds. The fraction of sp³-hybridized carbons (Fsp3) is 0.125. The van der Waals surface area contributed by atoms with Gasteiger partial charge in [-0.25, -0.2) is 5.43 Å². The van der Waals surface area contributed by atoms with E-state index in [0.29, 0.717) is 10.2 Å². The summed E-state index contributed by atoms with van der Waals surface area (Å²) in [5, 5.41) is 24.5. The van der Waals surface area contributed by atoms with E-state index in [1.807, 2.05) is 6.92 Å². The van der Waals surface area contributed by atoms with E-state index in [1.54, 1.807) is 18.2 Å². The van der Waals surface area contributed by atoms with E-state index in [9.17, 15) is 20.0 Å². The molecule has 9 heteroatoms. The molecule has 25 heavy (non-hydrogen) atoms. The van der Waals surface area contributed by atoms with Gasteiger partial charge in [0.15, 0.2) is 0 Å². The van der Waals surface area contributed by atoms with E-state index in [2.05, 4.69) is 26.5 Å². The summed E-state index contributed by atoms with van der Waals surface area (Å²) >= 11 is 3.12. The maximum atomic E-state index is 12.2. The van der Waals surface area contributed by atoms with Gasteiger partial charge in [-0.15, -0.1) is 0 Å². The van der Waals surface area contributed by atoms with Crippen molar-refractivity contribution in [3.8, 4) is 11.5 Å². The lowest BCUT2D eigenvalue weighted by Crippen LogP contribution is -2.18. The van der Waals surface area contributed by atoms with Gasteiger partial charge in [0.1, 0.15) is 5.75 Å². The van der Waals surface area contributed by atoms with Crippen LogP contribution < -0.4 is 10.2 Å². The van der Waals surface area contributed by atoms with Gasteiger partial charge in [0.25, 0.3) is 5.91 Å². The maximum Gasteiger partial charge on any atom is 0.312 e. The highest BCUT2D eigenvalue weighted by atomic mass is 79.9. The molecule has 0 radical (unpaired) electrons. The number of methoxy groups -OCH3 is 1. The average Bonchev–Trinajstić information content (AvgIpc) is 2.56. The number of hydrogen-bond donors (Lipinski definition) is 2. The van der Waals surface area contributed by atoms with Gasteiger partial charge < -0.3 is 9.84 Å². The SMILES string of the molecule is COc1cc(C)ccc1C(=O)N/N=C\c1cc(Br)cc([N+](=O)[O-])c1O. The molecule has 0 aliphatic carbocycles. The van der Waals surface area contributed by atoms with Crippen LogP contribution in [0.4, 0.5) is 5.69 Å². The van der Waals surface area contributed by atoms with Crippen LogP contribution >= 0.6 is 15.9 Å². The fourth-order valence-electron chi connectivity index (χ4n) is 2.05. The predicted octanol–water partition coefficient (Wildman–Crippen LogP) is 3.14. The zero-order chi connectivity index (χ0) is 18.6. The van der Waals surface area contributed by atoms with Crippen molar-refractivity contribution in [3.05, 3.63) is 61.6 Å². The number of carbonyl (C=O) groups excluding carboxylic acids is 1. The molecule has 0 heterocycles. The van der Waals surface area contributed by atoms with Crippen molar-refractivity contribution < 1.29 is 19.6 Å². The summed E-state index contributed by atoms with van der Waals surface area (Å²) in [4.78, 5) is 22.3. The minimum absolute atomic E-state index is 0.0808. The maximum absolute atomic E-state index is 12.2. The molecule has 0 spiro atoms. The molecule has 130 valence electrons. The molecule has 2 N–H and O–H groups in total. The van der Waals surface area contributed by atoms with Gasteiger partial charge in [0.05, 0.1) is 23.8 Å². The van der Waals surface area contributed by atoms with Crippen molar-refractivity contribution in [2.45, 2.75) is 6.92 Å². The predicted molar refractivity (Wildman–Crippen MR) is 95.3 cm³/mol. The average molecular weight is 408 g/mol. The Bertz CT molecular complexity index is 867. The number of phenols is 1. The fourth-order valence-corrected chi connectivity index (χ4v) is 2.51. The number of carbonyl (C=O) groups is 1. The third-order valence-corrected chi connectivity index (χ3v) is 3.71. The molecular weight excluding hydrogens is 394 g/mol. The molecule has 0 bridgehead atoms. The summed E-state index contributed by atoms with van der Waals surface area (Å²) < 4.78 is 5.55. The summed E-state index contributed by atoms with van der Waals surface area (Å²) in [6.45, 7) is 1.87. The highest BCUT2D eigenvalue weighted by molar-refractivity contribution is 9.10. The van der Waals surface area contributed by atoms with Crippen LogP contribution in [0.2, 0.25) is 0 Å². The van der Waals surface area contributed by atoms with E-state index in [4.69, 9.17) is 4.74 Å². The number of phenolic OH excluding ortho intramolecular Hbond substituents is 1. The number of aromatic hydroxyl groups is 1. The highest BCUT2D eigenvalue weighted by Crippen LogP contribution is 2.32. The molecule has 0 atom stereocenters. The Morgan fingerprint density at radius 2 is 2.12 bits per heavy atom. The molecule has 0 fully saturated rings. The Morgan fingerprint density at radius 3 is 2.76 bits per heavy atom. The monoisotopic (exact) mass is 407 g/mol. The van der Waals surface area contributed by atoms with Gasteiger partial charge in [-0.2, -0.15) is 5.10 Å². The van der Waals surface area contributed by atoms with Gasteiger partial charge in [-0.05, 0) is 30.7 Å². The molecule has 0 saturated heterocycles. The molecule has 2 aromatic rings. The highest BCUT2D eigenvalue weighted by Gasteiger charge is 2.18. The quantitative estimate of drug-likeness (QED) is 0.448. The van der Waals surface area contributed by atoms with Crippen LogP contribution in [-0.2, 0) is 0 Å². The van der Waals surface area contributed by atoms with Gasteiger partial charge in [-0.1, -0.05) is 22.0 Å². The molecule has 0 unspecified atom stereocenters. The second-order valence-corrected chi connectivity index (χ2v) is 5.94. The number of rotatable bonds is 5. The van der Waals surface area contributed by atoms with Crippen molar-refractivity contribution in [2.24, 2.45) is 5.10 Å². The number of nitro groups is 1. The lowest BCUT2D eigenvalue weighted by molar-refractivity contribution is -0.385. The van der Waals surface area contributed by atoms with Crippen LogP contribution in [0.3, 0.4) is 0 Å².